The third kappa shape index (κ3) is 2.87. The van der Waals surface area contributed by atoms with Crippen LogP contribution in [0.4, 0.5) is 4.39 Å². The number of hydrogen-bond acceptors (Lipinski definition) is 3. The molecule has 0 aliphatic carbocycles. The molecule has 0 saturated heterocycles. The Bertz CT molecular complexity index is 498. The number of nitrogens with one attached hydrogen (secondary N) is 1. The topological polar surface area (TPSA) is 59.8 Å². The highest BCUT2D eigenvalue weighted by Crippen LogP contribution is 2.02. The first-order valence-electron chi connectivity index (χ1n) is 5.12. The molecule has 0 radical (unpaired) electrons. The van der Waals surface area contributed by atoms with Gasteiger partial charge in [-0.05, 0) is 12.1 Å². The maximum absolute atomic E-state index is 13.2. The highest BCUT2D eigenvalue weighted by atomic mass is 19.1. The normalized spacial score (nSPS) is 10.2. The second-order valence-corrected chi connectivity index (χ2v) is 3.40. The Morgan fingerprint density at radius 3 is 3.06 bits per heavy atom. The molecule has 0 bridgehead atoms. The predicted octanol–water partition coefficient (Wildman–Crippen LogP) is 0.847. The van der Waals surface area contributed by atoms with E-state index >= 15 is 0 Å². The first-order valence-corrected chi connectivity index (χ1v) is 5.12. The van der Waals surface area contributed by atoms with Crippen molar-refractivity contribution in [2.24, 2.45) is 0 Å². The van der Waals surface area contributed by atoms with Crippen LogP contribution in [-0.2, 0) is 6.54 Å². The monoisotopic (exact) mass is 234 g/mol. The summed E-state index contributed by atoms with van der Waals surface area (Å²) in [6.07, 6.45) is 6.40. The second kappa shape index (κ2) is 5.20. The third-order valence-electron chi connectivity index (χ3n) is 2.22. The van der Waals surface area contributed by atoms with E-state index in [4.69, 9.17) is 0 Å². The summed E-state index contributed by atoms with van der Waals surface area (Å²) in [6.45, 7) is 0.997. The Hall–Kier alpha value is -2.24. The van der Waals surface area contributed by atoms with Gasteiger partial charge in [0.25, 0.3) is 5.91 Å². The maximum atomic E-state index is 13.2. The molecule has 0 aliphatic heterocycles. The summed E-state index contributed by atoms with van der Waals surface area (Å²) in [4.78, 5) is 18.9. The largest absolute Gasteiger partial charge is 0.350 e. The lowest BCUT2D eigenvalue weighted by Crippen LogP contribution is -2.27. The van der Waals surface area contributed by atoms with Gasteiger partial charge in [0.1, 0.15) is 0 Å². The van der Waals surface area contributed by atoms with Crippen LogP contribution in [0.15, 0.2) is 37.1 Å². The molecular weight excluding hydrogens is 223 g/mol. The van der Waals surface area contributed by atoms with Crippen LogP contribution in [-0.4, -0.2) is 27.0 Å². The fourth-order valence-electron chi connectivity index (χ4n) is 1.37. The minimum Gasteiger partial charge on any atom is -0.350 e. The van der Waals surface area contributed by atoms with Crippen molar-refractivity contribution >= 4 is 5.91 Å². The average Bonchev–Trinajstić information content (AvgIpc) is 2.82. The maximum Gasteiger partial charge on any atom is 0.255 e. The van der Waals surface area contributed by atoms with Gasteiger partial charge < -0.3 is 9.88 Å². The van der Waals surface area contributed by atoms with Gasteiger partial charge in [-0.25, -0.2) is 9.97 Å². The number of carbonyl (C=O) groups is 1. The molecule has 88 valence electrons. The van der Waals surface area contributed by atoms with E-state index in [-0.39, 0.29) is 5.56 Å². The van der Waals surface area contributed by atoms with Crippen molar-refractivity contribution < 1.29 is 9.18 Å². The van der Waals surface area contributed by atoms with Gasteiger partial charge in [-0.1, -0.05) is 0 Å². The summed E-state index contributed by atoms with van der Waals surface area (Å²) in [5.41, 5.74) is -0.0434. The van der Waals surface area contributed by atoms with Crippen molar-refractivity contribution in [1.82, 2.24) is 19.9 Å². The molecule has 2 aromatic heterocycles. The van der Waals surface area contributed by atoms with Crippen LogP contribution in [0.2, 0.25) is 0 Å². The molecule has 0 unspecified atom stereocenters. The van der Waals surface area contributed by atoms with Crippen LogP contribution in [0.1, 0.15) is 10.4 Å². The zero-order valence-corrected chi connectivity index (χ0v) is 9.01. The van der Waals surface area contributed by atoms with Crippen molar-refractivity contribution in [1.29, 1.82) is 0 Å². The first kappa shape index (κ1) is 11.3. The molecule has 0 atom stereocenters. The van der Waals surface area contributed by atoms with E-state index in [9.17, 15) is 9.18 Å². The Kier molecular flexibility index (Phi) is 3.44. The molecular formula is C11H11FN4O. The van der Waals surface area contributed by atoms with Crippen LogP contribution in [0.25, 0.3) is 0 Å². The zero-order valence-electron chi connectivity index (χ0n) is 9.01. The fraction of sp³-hybridized carbons (Fsp3) is 0.182. The number of carbonyl (C=O) groups excluding carboxylic acids is 1. The molecule has 0 aliphatic rings. The Morgan fingerprint density at radius 1 is 1.47 bits per heavy atom. The first-order chi connectivity index (χ1) is 8.27. The number of amides is 1. The molecule has 2 rings (SSSR count). The van der Waals surface area contributed by atoms with E-state index in [0.29, 0.717) is 13.1 Å². The molecule has 6 heteroatoms. The van der Waals surface area contributed by atoms with Crippen LogP contribution >= 0.6 is 0 Å². The smallest absolute Gasteiger partial charge is 0.255 e. The van der Waals surface area contributed by atoms with Crippen molar-refractivity contribution in [3.8, 4) is 0 Å². The summed E-state index contributed by atoms with van der Waals surface area (Å²) in [5, 5.41) is 2.61. The van der Waals surface area contributed by atoms with Crippen LogP contribution in [0.3, 0.4) is 0 Å². The highest BCUT2D eigenvalue weighted by Gasteiger charge is 2.10. The minimum absolute atomic E-state index is 0.0434. The van der Waals surface area contributed by atoms with E-state index in [0.717, 1.165) is 0 Å². The third-order valence-corrected chi connectivity index (χ3v) is 2.22. The Morgan fingerprint density at radius 2 is 2.35 bits per heavy atom. The van der Waals surface area contributed by atoms with E-state index in [2.05, 4.69) is 15.3 Å². The highest BCUT2D eigenvalue weighted by molar-refractivity contribution is 5.94. The van der Waals surface area contributed by atoms with Crippen molar-refractivity contribution in [2.75, 3.05) is 6.54 Å². The number of hydrogen-bond donors (Lipinski definition) is 1. The fourth-order valence-corrected chi connectivity index (χ4v) is 1.37. The van der Waals surface area contributed by atoms with Gasteiger partial charge >= 0.3 is 0 Å². The number of rotatable bonds is 4. The number of pyridine rings is 1. The van der Waals surface area contributed by atoms with Crippen LogP contribution in [0.5, 0.6) is 0 Å². The van der Waals surface area contributed by atoms with Gasteiger partial charge in [0, 0.05) is 31.7 Å². The summed E-state index contributed by atoms with van der Waals surface area (Å²) in [6, 6.07) is 2.92. The van der Waals surface area contributed by atoms with Crippen molar-refractivity contribution in [3.63, 3.8) is 0 Å². The Balaban J connectivity index is 1.88. The molecule has 2 heterocycles. The lowest BCUT2D eigenvalue weighted by Gasteiger charge is -2.05. The minimum atomic E-state index is -0.757. The molecule has 0 fully saturated rings. The van der Waals surface area contributed by atoms with E-state index in [1.165, 1.54) is 18.3 Å². The average molecular weight is 234 g/mol. The molecule has 17 heavy (non-hydrogen) atoms. The quantitative estimate of drug-likeness (QED) is 0.798. The van der Waals surface area contributed by atoms with Gasteiger partial charge in [0.2, 0.25) is 5.95 Å². The predicted molar refractivity (Wildman–Crippen MR) is 58.8 cm³/mol. The molecule has 5 nitrogen and oxygen atoms in total. The molecule has 0 aromatic carbocycles. The van der Waals surface area contributed by atoms with E-state index < -0.39 is 11.9 Å². The summed E-state index contributed by atoms with van der Waals surface area (Å²) in [5.74, 6) is -1.22. The van der Waals surface area contributed by atoms with Crippen molar-refractivity contribution in [2.45, 2.75) is 6.54 Å². The lowest BCUT2D eigenvalue weighted by molar-refractivity contribution is 0.0947. The number of nitrogens with zero attached hydrogens (tertiary/aromatic N) is 3. The van der Waals surface area contributed by atoms with Crippen molar-refractivity contribution in [3.05, 3.63) is 48.6 Å². The van der Waals surface area contributed by atoms with E-state index in [1.807, 2.05) is 4.57 Å². The SMILES string of the molecule is O=C(NCCn1ccnc1)c1cccnc1F. The summed E-state index contributed by atoms with van der Waals surface area (Å²) >= 11 is 0. The molecule has 1 N–H and O–H groups in total. The summed E-state index contributed by atoms with van der Waals surface area (Å²) in [7, 11) is 0. The van der Waals surface area contributed by atoms with Gasteiger partial charge in [-0.3, -0.25) is 4.79 Å². The van der Waals surface area contributed by atoms with Crippen LogP contribution < -0.4 is 5.32 Å². The molecule has 2 aromatic rings. The lowest BCUT2D eigenvalue weighted by atomic mass is 10.2. The molecule has 0 spiro atoms. The molecule has 1 amide bonds. The number of halogens is 1. The van der Waals surface area contributed by atoms with Gasteiger partial charge in [-0.2, -0.15) is 4.39 Å². The Labute approximate surface area is 97.3 Å². The summed E-state index contributed by atoms with van der Waals surface area (Å²) < 4.78 is 15.0. The second-order valence-electron chi connectivity index (χ2n) is 3.40. The van der Waals surface area contributed by atoms with Gasteiger partial charge in [0.15, 0.2) is 0 Å². The van der Waals surface area contributed by atoms with Gasteiger partial charge in [-0.15, -0.1) is 0 Å². The number of imidazole rings is 1. The zero-order chi connectivity index (χ0) is 12.1. The number of aromatic nitrogens is 3. The molecule has 0 saturated carbocycles. The standard InChI is InChI=1S/C11H11FN4O/c12-10-9(2-1-3-14-10)11(17)15-5-7-16-6-4-13-8-16/h1-4,6,8H,5,7H2,(H,15,17). The van der Waals surface area contributed by atoms with Gasteiger partial charge in [0.05, 0.1) is 11.9 Å². The van der Waals surface area contributed by atoms with Crippen LogP contribution in [0, 0.1) is 5.95 Å². The van der Waals surface area contributed by atoms with E-state index in [1.54, 1.807) is 18.7 Å².